The fourth-order valence-electron chi connectivity index (χ4n) is 10.3. The van der Waals surface area contributed by atoms with Crippen molar-refractivity contribution in [3.05, 3.63) is 72.3 Å². The minimum atomic E-state index is -3.66. The largest absolute Gasteiger partial charge is 0.486 e. The van der Waals surface area contributed by atoms with E-state index in [1.165, 1.54) is 51.4 Å². The van der Waals surface area contributed by atoms with E-state index in [0.29, 0.717) is 11.2 Å². The molecule has 6 rings (SSSR count). The molecule has 1 unspecified atom stereocenters. The molecule has 0 aliphatic heterocycles. The highest BCUT2D eigenvalue weighted by molar-refractivity contribution is 7.55. The van der Waals surface area contributed by atoms with Crippen molar-refractivity contribution in [1.82, 2.24) is 0 Å². The van der Waals surface area contributed by atoms with Crippen LogP contribution in [-0.2, 0) is 9.09 Å². The van der Waals surface area contributed by atoms with Crippen molar-refractivity contribution in [2.75, 3.05) is 5.09 Å². The fourth-order valence-corrected chi connectivity index (χ4v) is 11.9. The van der Waals surface area contributed by atoms with Crippen LogP contribution in [0.15, 0.2) is 72.3 Å². The molecule has 4 aliphatic rings. The van der Waals surface area contributed by atoms with Crippen LogP contribution >= 0.6 is 7.75 Å². The fraction of sp³-hybridized carbons (Fsp3) is 0.641. The van der Waals surface area contributed by atoms with E-state index in [2.05, 4.69) is 45.8 Å². The molecule has 240 valence electrons. The van der Waals surface area contributed by atoms with Gasteiger partial charge in [0, 0.05) is 5.69 Å². The van der Waals surface area contributed by atoms with E-state index in [1.54, 1.807) is 5.57 Å². The Morgan fingerprint density at radius 3 is 2.34 bits per heavy atom. The number of rotatable bonds is 11. The topological polar surface area (TPSA) is 47.6 Å². The third-order valence-corrected chi connectivity index (χ3v) is 14.1. The van der Waals surface area contributed by atoms with E-state index in [4.69, 9.17) is 9.05 Å². The minimum Gasteiger partial charge on any atom is -0.409 e. The Bertz CT molecular complexity index is 1280. The summed E-state index contributed by atoms with van der Waals surface area (Å²) in [7, 11) is -3.66. The first-order valence-electron chi connectivity index (χ1n) is 17.7. The average molecular weight is 618 g/mol. The zero-order chi connectivity index (χ0) is 31.0. The second-order valence-corrected chi connectivity index (χ2v) is 17.3. The van der Waals surface area contributed by atoms with E-state index < -0.39 is 7.75 Å². The summed E-state index contributed by atoms with van der Waals surface area (Å²) in [5.41, 5.74) is 3.01. The van der Waals surface area contributed by atoms with Crippen LogP contribution in [0.2, 0.25) is 0 Å². The van der Waals surface area contributed by atoms with Gasteiger partial charge in [0.1, 0.15) is 5.75 Å². The number of hydrogen-bond donors (Lipinski definition) is 1. The number of anilines is 1. The summed E-state index contributed by atoms with van der Waals surface area (Å²) in [4.78, 5) is 0. The smallest absolute Gasteiger partial charge is 0.409 e. The van der Waals surface area contributed by atoms with Crippen molar-refractivity contribution in [2.45, 2.75) is 111 Å². The number of fused-ring (bicyclic) bond motifs is 5. The standard InChI is InChI=1S/C39H56NO3P/c1-28(2)13-12-14-29(3)35-21-22-36-34-20-19-30-27-33(23-25-38(30,4)37(34)24-26-39(35,36)5)43-44(41,40-31-15-8-6-9-16-31)42-32-17-10-7-11-18-32/h6-11,15-19,28-29,33-37H,12-14,20-27H2,1-5H3,(H,40,41)/t29-,33+,34+,35-,36+,37+,38+,39-,44?/m1/s1. The van der Waals surface area contributed by atoms with Gasteiger partial charge >= 0.3 is 7.75 Å². The molecule has 5 heteroatoms. The van der Waals surface area contributed by atoms with E-state index >= 15 is 0 Å². The van der Waals surface area contributed by atoms with Crippen LogP contribution in [0.3, 0.4) is 0 Å². The number of nitrogens with one attached hydrogen (secondary N) is 1. The molecule has 2 aromatic rings. The van der Waals surface area contributed by atoms with E-state index in [-0.39, 0.29) is 11.5 Å². The van der Waals surface area contributed by atoms with Crippen LogP contribution in [0.1, 0.15) is 105 Å². The van der Waals surface area contributed by atoms with Crippen LogP contribution in [0.5, 0.6) is 5.75 Å². The first-order valence-corrected chi connectivity index (χ1v) is 19.2. The van der Waals surface area contributed by atoms with E-state index in [1.807, 2.05) is 60.7 Å². The van der Waals surface area contributed by atoms with Crippen LogP contribution in [0.4, 0.5) is 5.69 Å². The maximum Gasteiger partial charge on any atom is 0.486 e. The molecule has 0 heterocycles. The van der Waals surface area contributed by atoms with Crippen molar-refractivity contribution in [3.8, 4) is 5.75 Å². The minimum absolute atomic E-state index is 0.131. The Balaban J connectivity index is 1.15. The zero-order valence-electron chi connectivity index (χ0n) is 27.8. The van der Waals surface area contributed by atoms with Gasteiger partial charge in [-0.3, -0.25) is 9.61 Å². The summed E-state index contributed by atoms with van der Waals surface area (Å²) in [6, 6.07) is 19.0. The molecule has 0 radical (unpaired) electrons. The Morgan fingerprint density at radius 2 is 1.61 bits per heavy atom. The van der Waals surface area contributed by atoms with Gasteiger partial charge in [0.25, 0.3) is 0 Å². The molecular weight excluding hydrogens is 561 g/mol. The number of benzene rings is 2. The normalized spacial score (nSPS) is 35.0. The highest BCUT2D eigenvalue weighted by Crippen LogP contribution is 2.68. The number of hydrogen-bond acceptors (Lipinski definition) is 3. The maximum absolute atomic E-state index is 14.3. The highest BCUT2D eigenvalue weighted by Gasteiger charge is 2.59. The lowest BCUT2D eigenvalue weighted by Gasteiger charge is -2.58. The third kappa shape index (κ3) is 6.46. The summed E-state index contributed by atoms with van der Waals surface area (Å²) in [6.07, 6.45) is 16.3. The molecule has 0 saturated heterocycles. The molecule has 0 amide bonds. The molecule has 2 aromatic carbocycles. The Labute approximate surface area is 267 Å². The molecular formula is C39H56NO3P. The Kier molecular flexibility index (Phi) is 9.43. The summed E-state index contributed by atoms with van der Waals surface area (Å²) in [5, 5.41) is 3.13. The van der Waals surface area contributed by atoms with Crippen molar-refractivity contribution >= 4 is 13.4 Å². The van der Waals surface area contributed by atoms with Gasteiger partial charge in [0.05, 0.1) is 6.10 Å². The van der Waals surface area contributed by atoms with Crippen LogP contribution < -0.4 is 9.61 Å². The van der Waals surface area contributed by atoms with Crippen LogP contribution in [0, 0.1) is 46.3 Å². The molecule has 4 nitrogen and oxygen atoms in total. The summed E-state index contributed by atoms with van der Waals surface area (Å²) in [5.74, 6) is 5.52. The van der Waals surface area contributed by atoms with Gasteiger partial charge in [-0.05, 0) is 122 Å². The Morgan fingerprint density at radius 1 is 0.886 bits per heavy atom. The van der Waals surface area contributed by atoms with Crippen molar-refractivity contribution in [3.63, 3.8) is 0 Å². The first kappa shape index (κ1) is 31.9. The first-order chi connectivity index (χ1) is 21.1. The molecule has 0 aromatic heterocycles. The zero-order valence-corrected chi connectivity index (χ0v) is 28.7. The summed E-state index contributed by atoms with van der Waals surface area (Å²) >= 11 is 0. The SMILES string of the molecule is CC(C)CCC[C@@H](C)[C@H]1CC[C@H]2[C@@H]3CC=C4C[C@@H](OP(=O)(Nc5ccccc5)Oc5ccccc5)CC[C@]4(C)[C@H]3CC[C@]12C. The van der Waals surface area contributed by atoms with Gasteiger partial charge in [-0.25, -0.2) is 4.57 Å². The van der Waals surface area contributed by atoms with Crippen molar-refractivity contribution in [1.29, 1.82) is 0 Å². The lowest BCUT2D eigenvalue weighted by molar-refractivity contribution is -0.0561. The quantitative estimate of drug-likeness (QED) is 0.201. The molecule has 44 heavy (non-hydrogen) atoms. The lowest BCUT2D eigenvalue weighted by atomic mass is 9.47. The number of allylic oxidation sites excluding steroid dienone is 1. The second-order valence-electron chi connectivity index (χ2n) is 15.6. The van der Waals surface area contributed by atoms with Gasteiger partial charge in [-0.15, -0.1) is 0 Å². The maximum atomic E-state index is 14.3. The van der Waals surface area contributed by atoms with Gasteiger partial charge in [0.15, 0.2) is 0 Å². The van der Waals surface area contributed by atoms with E-state index in [0.717, 1.165) is 60.5 Å². The third-order valence-electron chi connectivity index (χ3n) is 12.6. The number of para-hydroxylation sites is 2. The lowest BCUT2D eigenvalue weighted by Crippen LogP contribution is -2.51. The molecule has 9 atom stereocenters. The van der Waals surface area contributed by atoms with Crippen molar-refractivity contribution < 1.29 is 13.6 Å². The molecule has 3 saturated carbocycles. The monoisotopic (exact) mass is 617 g/mol. The molecule has 0 spiro atoms. The molecule has 3 fully saturated rings. The average Bonchev–Trinajstić information content (AvgIpc) is 3.35. The summed E-state index contributed by atoms with van der Waals surface area (Å²) in [6.45, 7) is 12.5. The Hall–Kier alpha value is -2.03. The van der Waals surface area contributed by atoms with Crippen molar-refractivity contribution in [2.24, 2.45) is 46.3 Å². The van der Waals surface area contributed by atoms with Crippen LogP contribution in [0.25, 0.3) is 0 Å². The van der Waals surface area contributed by atoms with Gasteiger partial charge < -0.3 is 4.52 Å². The van der Waals surface area contributed by atoms with Crippen LogP contribution in [-0.4, -0.2) is 6.10 Å². The predicted octanol–water partition coefficient (Wildman–Crippen LogP) is 11.7. The van der Waals surface area contributed by atoms with Gasteiger partial charge in [0.2, 0.25) is 0 Å². The molecule has 1 N–H and O–H groups in total. The van der Waals surface area contributed by atoms with Gasteiger partial charge in [-0.2, -0.15) is 0 Å². The molecule has 4 aliphatic carbocycles. The highest BCUT2D eigenvalue weighted by atomic mass is 31.2. The summed E-state index contributed by atoms with van der Waals surface area (Å²) < 4.78 is 26.8. The predicted molar refractivity (Wildman–Crippen MR) is 183 cm³/mol. The molecule has 0 bridgehead atoms. The van der Waals surface area contributed by atoms with Gasteiger partial charge in [-0.1, -0.05) is 102 Å². The van der Waals surface area contributed by atoms with E-state index in [9.17, 15) is 4.57 Å². The second kappa shape index (κ2) is 13.0.